The van der Waals surface area contributed by atoms with Gasteiger partial charge in [-0.2, -0.15) is 0 Å². The van der Waals surface area contributed by atoms with Gasteiger partial charge in [0.05, 0.1) is 11.6 Å². The normalized spacial score (nSPS) is 12.0. The maximum Gasteiger partial charge on any atom is 0.257 e. The second kappa shape index (κ2) is 6.13. The number of hydrogen-bond acceptors (Lipinski definition) is 2. The highest BCUT2D eigenvalue weighted by atomic mass is 79.9. The molecule has 0 aliphatic rings. The van der Waals surface area contributed by atoms with E-state index in [4.69, 9.17) is 0 Å². The fraction of sp³-hybridized carbons (Fsp3) is 0.200. The van der Waals surface area contributed by atoms with E-state index in [1.165, 1.54) is 17.0 Å². The molecule has 0 radical (unpaired) electrons. The maximum absolute atomic E-state index is 13.8. The smallest absolute Gasteiger partial charge is 0.257 e. The van der Waals surface area contributed by atoms with Crippen LogP contribution in [-0.4, -0.2) is 22.8 Å². The number of carbonyl (C=O) groups is 1. The Labute approximate surface area is 125 Å². The van der Waals surface area contributed by atoms with Gasteiger partial charge in [0.1, 0.15) is 5.82 Å². The van der Waals surface area contributed by atoms with E-state index in [9.17, 15) is 9.18 Å². The third-order valence-electron chi connectivity index (χ3n) is 3.25. The number of amides is 1. The molecule has 20 heavy (non-hydrogen) atoms. The molecule has 2 aromatic rings. The van der Waals surface area contributed by atoms with E-state index >= 15 is 0 Å². The summed E-state index contributed by atoms with van der Waals surface area (Å²) in [5.74, 6) is -0.877. The standard InChI is InChI=1S/C15H14BrFN2O/c1-10(11-5-7-18-8-6-11)19(2)15(20)13-4-3-12(16)9-14(13)17/h3-10H,1-2H3. The number of carbonyl (C=O) groups excluding carboxylic acids is 1. The lowest BCUT2D eigenvalue weighted by Gasteiger charge is -2.25. The molecule has 1 unspecified atom stereocenters. The highest BCUT2D eigenvalue weighted by Crippen LogP contribution is 2.22. The summed E-state index contributed by atoms with van der Waals surface area (Å²) in [6.45, 7) is 1.89. The molecule has 1 aromatic heterocycles. The fourth-order valence-corrected chi connectivity index (χ4v) is 2.23. The highest BCUT2D eigenvalue weighted by Gasteiger charge is 2.21. The summed E-state index contributed by atoms with van der Waals surface area (Å²) in [4.78, 5) is 17.8. The van der Waals surface area contributed by atoms with Gasteiger partial charge in [0.15, 0.2) is 0 Å². The van der Waals surface area contributed by atoms with Crippen LogP contribution in [0.15, 0.2) is 47.2 Å². The zero-order valence-corrected chi connectivity index (χ0v) is 12.8. The second-order valence-electron chi connectivity index (χ2n) is 4.50. The van der Waals surface area contributed by atoms with E-state index in [1.807, 2.05) is 19.1 Å². The predicted octanol–water partition coefficient (Wildman–Crippen LogP) is 3.82. The number of pyridine rings is 1. The molecule has 0 bridgehead atoms. The molecule has 1 atom stereocenters. The SMILES string of the molecule is CC(c1ccncc1)N(C)C(=O)c1ccc(Br)cc1F. The third-order valence-corrected chi connectivity index (χ3v) is 3.74. The van der Waals surface area contributed by atoms with E-state index in [-0.39, 0.29) is 17.5 Å². The molecule has 104 valence electrons. The third kappa shape index (κ3) is 3.04. The van der Waals surface area contributed by atoms with Crippen LogP contribution < -0.4 is 0 Å². The van der Waals surface area contributed by atoms with Crippen molar-refractivity contribution in [3.8, 4) is 0 Å². The molecular weight excluding hydrogens is 323 g/mol. The van der Waals surface area contributed by atoms with Gasteiger partial charge in [-0.1, -0.05) is 15.9 Å². The first kappa shape index (κ1) is 14.7. The molecule has 0 saturated carbocycles. The average molecular weight is 337 g/mol. The summed E-state index contributed by atoms with van der Waals surface area (Å²) in [6, 6.07) is 7.95. The zero-order valence-electron chi connectivity index (χ0n) is 11.2. The molecular formula is C15H14BrFN2O. The molecule has 3 nitrogen and oxygen atoms in total. The molecule has 1 heterocycles. The Hall–Kier alpha value is -1.75. The Kier molecular flexibility index (Phi) is 4.49. The Morgan fingerprint density at radius 2 is 1.95 bits per heavy atom. The minimum absolute atomic E-state index is 0.0663. The van der Waals surface area contributed by atoms with Crippen LogP contribution in [0.2, 0.25) is 0 Å². The van der Waals surface area contributed by atoms with Crippen molar-refractivity contribution in [3.05, 3.63) is 64.1 Å². The minimum Gasteiger partial charge on any atom is -0.335 e. The van der Waals surface area contributed by atoms with E-state index in [2.05, 4.69) is 20.9 Å². The predicted molar refractivity (Wildman–Crippen MR) is 78.8 cm³/mol. The largest absolute Gasteiger partial charge is 0.335 e. The van der Waals surface area contributed by atoms with Crippen molar-refractivity contribution < 1.29 is 9.18 Å². The van der Waals surface area contributed by atoms with Crippen molar-refractivity contribution in [1.29, 1.82) is 0 Å². The van der Waals surface area contributed by atoms with Crippen LogP contribution >= 0.6 is 15.9 Å². The molecule has 1 amide bonds. The van der Waals surface area contributed by atoms with Gasteiger partial charge in [-0.3, -0.25) is 9.78 Å². The molecule has 0 saturated heterocycles. The van der Waals surface area contributed by atoms with Crippen LogP contribution in [0, 0.1) is 5.82 Å². The molecule has 2 rings (SSSR count). The van der Waals surface area contributed by atoms with Crippen molar-refractivity contribution in [2.24, 2.45) is 0 Å². The average Bonchev–Trinajstić information content (AvgIpc) is 2.46. The summed E-state index contributed by atoms with van der Waals surface area (Å²) in [5.41, 5.74) is 1.02. The molecule has 1 aromatic carbocycles. The van der Waals surface area contributed by atoms with E-state index < -0.39 is 5.82 Å². The second-order valence-corrected chi connectivity index (χ2v) is 5.41. The quantitative estimate of drug-likeness (QED) is 0.853. The minimum atomic E-state index is -0.529. The van der Waals surface area contributed by atoms with Crippen LogP contribution in [0.3, 0.4) is 0 Å². The lowest BCUT2D eigenvalue weighted by Crippen LogP contribution is -2.30. The van der Waals surface area contributed by atoms with E-state index in [0.29, 0.717) is 4.47 Å². The highest BCUT2D eigenvalue weighted by molar-refractivity contribution is 9.10. The first-order valence-corrected chi connectivity index (χ1v) is 6.92. The summed E-state index contributed by atoms with van der Waals surface area (Å²) in [5, 5.41) is 0. The lowest BCUT2D eigenvalue weighted by molar-refractivity contribution is 0.0738. The van der Waals surface area contributed by atoms with Crippen LogP contribution in [0.5, 0.6) is 0 Å². The van der Waals surface area contributed by atoms with Gasteiger partial charge in [0.2, 0.25) is 0 Å². The summed E-state index contributed by atoms with van der Waals surface area (Å²) < 4.78 is 14.4. The van der Waals surface area contributed by atoms with Crippen molar-refractivity contribution in [2.45, 2.75) is 13.0 Å². The molecule has 0 fully saturated rings. The summed E-state index contributed by atoms with van der Waals surface area (Å²) >= 11 is 3.18. The van der Waals surface area contributed by atoms with Gasteiger partial charge in [-0.25, -0.2) is 4.39 Å². The molecule has 0 spiro atoms. The van der Waals surface area contributed by atoms with E-state index in [0.717, 1.165) is 5.56 Å². The van der Waals surface area contributed by atoms with Gasteiger partial charge in [0, 0.05) is 23.9 Å². The molecule has 0 aliphatic carbocycles. The Balaban J connectivity index is 2.24. The maximum atomic E-state index is 13.8. The van der Waals surface area contributed by atoms with Crippen molar-refractivity contribution in [3.63, 3.8) is 0 Å². The van der Waals surface area contributed by atoms with Gasteiger partial charge >= 0.3 is 0 Å². The van der Waals surface area contributed by atoms with Crippen molar-refractivity contribution in [2.75, 3.05) is 7.05 Å². The van der Waals surface area contributed by atoms with Crippen LogP contribution in [0.4, 0.5) is 4.39 Å². The van der Waals surface area contributed by atoms with E-state index in [1.54, 1.807) is 25.5 Å². The summed E-state index contributed by atoms with van der Waals surface area (Å²) in [7, 11) is 1.66. The molecule has 5 heteroatoms. The number of halogens is 2. The van der Waals surface area contributed by atoms with Crippen molar-refractivity contribution >= 4 is 21.8 Å². The Bertz CT molecular complexity index is 619. The summed E-state index contributed by atoms with van der Waals surface area (Å²) in [6.07, 6.45) is 3.34. The first-order chi connectivity index (χ1) is 9.50. The zero-order chi connectivity index (χ0) is 14.7. The molecule has 0 aliphatic heterocycles. The van der Waals surface area contributed by atoms with Gasteiger partial charge < -0.3 is 4.90 Å². The van der Waals surface area contributed by atoms with Crippen molar-refractivity contribution in [1.82, 2.24) is 9.88 Å². The first-order valence-electron chi connectivity index (χ1n) is 6.13. The number of nitrogens with zero attached hydrogens (tertiary/aromatic N) is 2. The lowest BCUT2D eigenvalue weighted by atomic mass is 10.1. The molecule has 0 N–H and O–H groups in total. The fourth-order valence-electron chi connectivity index (χ4n) is 1.89. The van der Waals surface area contributed by atoms with Gasteiger partial charge in [-0.15, -0.1) is 0 Å². The Morgan fingerprint density at radius 1 is 1.30 bits per heavy atom. The van der Waals surface area contributed by atoms with Gasteiger partial charge in [0.25, 0.3) is 5.91 Å². The number of benzene rings is 1. The number of aromatic nitrogens is 1. The van der Waals surface area contributed by atoms with Gasteiger partial charge in [-0.05, 0) is 42.8 Å². The Morgan fingerprint density at radius 3 is 2.55 bits per heavy atom. The number of rotatable bonds is 3. The topological polar surface area (TPSA) is 33.2 Å². The van der Waals surface area contributed by atoms with Crippen LogP contribution in [0.25, 0.3) is 0 Å². The number of hydrogen-bond donors (Lipinski definition) is 0. The monoisotopic (exact) mass is 336 g/mol. The van der Waals surface area contributed by atoms with Crippen LogP contribution in [0.1, 0.15) is 28.9 Å². The van der Waals surface area contributed by atoms with Crippen LogP contribution in [-0.2, 0) is 0 Å².